The van der Waals surface area contributed by atoms with Crippen LogP contribution in [0.5, 0.6) is 0 Å². The molecular formula is C10H23NO2. The van der Waals surface area contributed by atoms with Gasteiger partial charge in [-0.3, -0.25) is 0 Å². The van der Waals surface area contributed by atoms with Crippen LogP contribution in [0.4, 0.5) is 0 Å². The molecule has 3 nitrogen and oxygen atoms in total. The number of rotatable bonds is 6. The quantitative estimate of drug-likeness (QED) is 0.679. The Morgan fingerprint density at radius 3 is 2.08 bits per heavy atom. The van der Waals surface area contributed by atoms with Crippen molar-refractivity contribution in [3.63, 3.8) is 0 Å². The van der Waals surface area contributed by atoms with Crippen LogP contribution in [0, 0.1) is 0 Å². The van der Waals surface area contributed by atoms with E-state index < -0.39 is 0 Å². The maximum absolute atomic E-state index is 9.14. The highest BCUT2D eigenvalue weighted by Crippen LogP contribution is 1.99. The highest BCUT2D eigenvalue weighted by atomic mass is 16.5. The van der Waals surface area contributed by atoms with Gasteiger partial charge in [0, 0.05) is 13.1 Å². The Balaban J connectivity index is 3.58. The van der Waals surface area contributed by atoms with Gasteiger partial charge in [-0.15, -0.1) is 0 Å². The van der Waals surface area contributed by atoms with Crippen LogP contribution in [-0.2, 0) is 4.74 Å². The second kappa shape index (κ2) is 6.35. The minimum Gasteiger partial charge on any atom is -0.392 e. The normalized spacial score (nSPS) is 16.6. The standard InChI is InChI=1S/C10H23NO2/c1-8(2)13-10(4)7-11(5)6-9(3)12/h8-10,12H,6-7H2,1-5H3. The van der Waals surface area contributed by atoms with E-state index in [0.717, 1.165) is 6.54 Å². The Bertz CT molecular complexity index is 112. The van der Waals surface area contributed by atoms with Gasteiger partial charge in [0.05, 0.1) is 18.3 Å². The molecule has 13 heavy (non-hydrogen) atoms. The van der Waals surface area contributed by atoms with E-state index in [1.807, 2.05) is 20.9 Å². The molecule has 0 spiro atoms. The number of aliphatic hydroxyl groups excluding tert-OH is 1. The molecule has 0 amide bonds. The van der Waals surface area contributed by atoms with Crippen LogP contribution in [0.3, 0.4) is 0 Å². The topological polar surface area (TPSA) is 32.7 Å². The second-order valence-electron chi connectivity index (χ2n) is 4.07. The van der Waals surface area contributed by atoms with Gasteiger partial charge in [0.2, 0.25) is 0 Å². The largest absolute Gasteiger partial charge is 0.392 e. The third-order valence-corrected chi connectivity index (χ3v) is 1.65. The first-order valence-electron chi connectivity index (χ1n) is 4.94. The SMILES string of the molecule is CC(O)CN(C)CC(C)OC(C)C. The van der Waals surface area contributed by atoms with Gasteiger partial charge < -0.3 is 14.7 Å². The Kier molecular flexibility index (Phi) is 6.29. The van der Waals surface area contributed by atoms with E-state index in [-0.39, 0.29) is 18.3 Å². The predicted molar refractivity (Wildman–Crippen MR) is 54.9 cm³/mol. The molecule has 0 aliphatic carbocycles. The fourth-order valence-electron chi connectivity index (χ4n) is 1.47. The number of nitrogens with zero attached hydrogens (tertiary/aromatic N) is 1. The summed E-state index contributed by atoms with van der Waals surface area (Å²) < 4.78 is 5.58. The number of ether oxygens (including phenoxy) is 1. The molecule has 0 aromatic heterocycles. The van der Waals surface area contributed by atoms with E-state index in [0.29, 0.717) is 6.54 Å². The zero-order valence-corrected chi connectivity index (χ0v) is 9.45. The molecule has 3 heteroatoms. The second-order valence-corrected chi connectivity index (χ2v) is 4.07. The van der Waals surface area contributed by atoms with Gasteiger partial charge in [-0.05, 0) is 34.7 Å². The highest BCUT2D eigenvalue weighted by molar-refractivity contribution is 4.61. The van der Waals surface area contributed by atoms with E-state index in [1.54, 1.807) is 6.92 Å². The van der Waals surface area contributed by atoms with Gasteiger partial charge in [-0.25, -0.2) is 0 Å². The molecule has 0 fully saturated rings. The van der Waals surface area contributed by atoms with Crippen molar-refractivity contribution < 1.29 is 9.84 Å². The van der Waals surface area contributed by atoms with Crippen molar-refractivity contribution in [1.29, 1.82) is 0 Å². The van der Waals surface area contributed by atoms with Crippen molar-refractivity contribution >= 4 is 0 Å². The lowest BCUT2D eigenvalue weighted by molar-refractivity contribution is -0.00242. The molecule has 0 bridgehead atoms. The summed E-state index contributed by atoms with van der Waals surface area (Å²) in [6, 6.07) is 0. The summed E-state index contributed by atoms with van der Waals surface area (Å²) in [6.07, 6.45) is 0.231. The summed E-state index contributed by atoms with van der Waals surface area (Å²) in [7, 11) is 1.99. The lowest BCUT2D eigenvalue weighted by atomic mass is 10.3. The monoisotopic (exact) mass is 189 g/mol. The van der Waals surface area contributed by atoms with Crippen LogP contribution >= 0.6 is 0 Å². The molecule has 2 unspecified atom stereocenters. The molecular weight excluding hydrogens is 166 g/mol. The summed E-state index contributed by atoms with van der Waals surface area (Å²) in [5.41, 5.74) is 0. The Hall–Kier alpha value is -0.120. The number of aliphatic hydroxyl groups is 1. The highest BCUT2D eigenvalue weighted by Gasteiger charge is 2.09. The number of likely N-dealkylation sites (N-methyl/N-ethyl adjacent to an activating group) is 1. The van der Waals surface area contributed by atoms with Crippen LogP contribution < -0.4 is 0 Å². The molecule has 80 valence electrons. The van der Waals surface area contributed by atoms with Crippen molar-refractivity contribution in [2.24, 2.45) is 0 Å². The smallest absolute Gasteiger partial charge is 0.0677 e. The van der Waals surface area contributed by atoms with Gasteiger partial charge >= 0.3 is 0 Å². The molecule has 0 radical (unpaired) electrons. The average molecular weight is 189 g/mol. The summed E-state index contributed by atoms with van der Waals surface area (Å²) in [5.74, 6) is 0. The maximum atomic E-state index is 9.14. The first-order valence-corrected chi connectivity index (χ1v) is 4.94. The maximum Gasteiger partial charge on any atom is 0.0677 e. The first kappa shape index (κ1) is 12.9. The van der Waals surface area contributed by atoms with Gasteiger partial charge in [0.25, 0.3) is 0 Å². The van der Waals surface area contributed by atoms with E-state index in [9.17, 15) is 0 Å². The van der Waals surface area contributed by atoms with Crippen LogP contribution in [0.2, 0.25) is 0 Å². The molecule has 1 N–H and O–H groups in total. The van der Waals surface area contributed by atoms with E-state index in [2.05, 4.69) is 11.8 Å². The fourth-order valence-corrected chi connectivity index (χ4v) is 1.47. The minimum atomic E-state index is -0.267. The van der Waals surface area contributed by atoms with Gasteiger partial charge in [-0.1, -0.05) is 0 Å². The zero-order chi connectivity index (χ0) is 10.4. The van der Waals surface area contributed by atoms with Crippen molar-refractivity contribution in [2.45, 2.75) is 46.0 Å². The lowest BCUT2D eigenvalue weighted by Gasteiger charge is -2.23. The molecule has 2 atom stereocenters. The summed E-state index contributed by atoms with van der Waals surface area (Å²) in [6.45, 7) is 9.48. The molecule has 0 aliphatic rings. The van der Waals surface area contributed by atoms with Crippen molar-refractivity contribution in [3.8, 4) is 0 Å². The fraction of sp³-hybridized carbons (Fsp3) is 1.00. The van der Waals surface area contributed by atoms with E-state index in [1.165, 1.54) is 0 Å². The molecule has 0 rings (SSSR count). The summed E-state index contributed by atoms with van der Waals surface area (Å²) in [5, 5.41) is 9.14. The third-order valence-electron chi connectivity index (χ3n) is 1.65. The molecule has 0 saturated carbocycles. The Morgan fingerprint density at radius 2 is 1.69 bits per heavy atom. The van der Waals surface area contributed by atoms with Crippen LogP contribution in [0.1, 0.15) is 27.7 Å². The van der Waals surface area contributed by atoms with Gasteiger partial charge in [0.15, 0.2) is 0 Å². The van der Waals surface area contributed by atoms with Gasteiger partial charge in [-0.2, -0.15) is 0 Å². The third kappa shape index (κ3) is 8.22. The predicted octanol–water partition coefficient (Wildman–Crippen LogP) is 1.11. The van der Waals surface area contributed by atoms with E-state index >= 15 is 0 Å². The van der Waals surface area contributed by atoms with Crippen molar-refractivity contribution in [2.75, 3.05) is 20.1 Å². The van der Waals surface area contributed by atoms with Crippen molar-refractivity contribution in [1.82, 2.24) is 4.90 Å². The summed E-state index contributed by atoms with van der Waals surface area (Å²) in [4.78, 5) is 2.08. The molecule has 0 heterocycles. The van der Waals surface area contributed by atoms with Crippen molar-refractivity contribution in [3.05, 3.63) is 0 Å². The lowest BCUT2D eigenvalue weighted by Crippen LogP contribution is -2.35. The van der Waals surface area contributed by atoms with Gasteiger partial charge in [0.1, 0.15) is 0 Å². The molecule has 0 saturated heterocycles. The van der Waals surface area contributed by atoms with E-state index in [4.69, 9.17) is 9.84 Å². The minimum absolute atomic E-state index is 0.226. The molecule has 0 aromatic carbocycles. The Labute approximate surface area is 81.7 Å². The van der Waals surface area contributed by atoms with Crippen LogP contribution in [0.25, 0.3) is 0 Å². The zero-order valence-electron chi connectivity index (χ0n) is 9.45. The first-order chi connectivity index (χ1) is 5.91. The number of hydrogen-bond donors (Lipinski definition) is 1. The molecule has 0 aromatic rings. The van der Waals surface area contributed by atoms with Crippen LogP contribution in [-0.4, -0.2) is 48.5 Å². The summed E-state index contributed by atoms with van der Waals surface area (Å²) >= 11 is 0. The number of hydrogen-bond acceptors (Lipinski definition) is 3. The average Bonchev–Trinajstić information content (AvgIpc) is 1.80. The molecule has 0 aliphatic heterocycles. The van der Waals surface area contributed by atoms with Crippen LogP contribution in [0.15, 0.2) is 0 Å². The Morgan fingerprint density at radius 1 is 1.15 bits per heavy atom.